The molecular formula is C20H21FO2. The molecule has 1 atom stereocenters. The molecule has 2 nitrogen and oxygen atoms in total. The molecule has 1 saturated carbocycles. The van der Waals surface area contributed by atoms with E-state index in [-0.39, 0.29) is 11.8 Å². The molecule has 0 bridgehead atoms. The van der Waals surface area contributed by atoms with Gasteiger partial charge in [0.2, 0.25) is 0 Å². The first-order valence-electron chi connectivity index (χ1n) is 8.16. The largest absolute Gasteiger partial charge is 0.465 e. The van der Waals surface area contributed by atoms with Gasteiger partial charge in [-0.05, 0) is 36.5 Å². The fourth-order valence-electron chi connectivity index (χ4n) is 2.65. The van der Waals surface area contributed by atoms with Crippen LogP contribution >= 0.6 is 0 Å². The van der Waals surface area contributed by atoms with Crippen LogP contribution in [0.5, 0.6) is 0 Å². The van der Waals surface area contributed by atoms with Gasteiger partial charge in [0.05, 0.1) is 12.5 Å². The van der Waals surface area contributed by atoms with E-state index in [2.05, 4.69) is 0 Å². The van der Waals surface area contributed by atoms with Crippen molar-refractivity contribution in [2.45, 2.75) is 32.1 Å². The lowest BCUT2D eigenvalue weighted by Crippen LogP contribution is -2.14. The maximum Gasteiger partial charge on any atom is 0.313 e. The average molecular weight is 312 g/mol. The minimum Gasteiger partial charge on any atom is -0.465 e. The third-order valence-corrected chi connectivity index (χ3v) is 4.40. The Kier molecular flexibility index (Phi) is 4.75. The minimum absolute atomic E-state index is 0.280. The Morgan fingerprint density at radius 3 is 2.61 bits per heavy atom. The molecular weight excluding hydrogens is 291 g/mol. The molecule has 2 aromatic rings. The molecule has 0 N–H and O–H groups in total. The van der Waals surface area contributed by atoms with Crippen LogP contribution in [0.1, 0.15) is 37.7 Å². The van der Waals surface area contributed by atoms with Gasteiger partial charge in [0, 0.05) is 5.56 Å². The highest BCUT2D eigenvalue weighted by molar-refractivity contribution is 5.78. The molecule has 3 rings (SSSR count). The van der Waals surface area contributed by atoms with Gasteiger partial charge in [-0.3, -0.25) is 4.79 Å². The Morgan fingerprint density at radius 1 is 1.22 bits per heavy atom. The van der Waals surface area contributed by atoms with Crippen molar-refractivity contribution in [2.24, 2.45) is 5.92 Å². The van der Waals surface area contributed by atoms with Crippen LogP contribution in [0.25, 0.3) is 11.1 Å². The summed E-state index contributed by atoms with van der Waals surface area (Å²) in [7, 11) is 0. The van der Waals surface area contributed by atoms with Crippen molar-refractivity contribution in [2.75, 3.05) is 6.61 Å². The molecule has 1 aliphatic rings. The number of carbonyl (C=O) groups is 1. The van der Waals surface area contributed by atoms with Crippen LogP contribution in [0.4, 0.5) is 4.39 Å². The molecule has 0 radical (unpaired) electrons. The Hall–Kier alpha value is -2.16. The van der Waals surface area contributed by atoms with Crippen LogP contribution in [0.15, 0.2) is 48.5 Å². The zero-order valence-electron chi connectivity index (χ0n) is 13.3. The van der Waals surface area contributed by atoms with E-state index in [1.807, 2.05) is 30.3 Å². The van der Waals surface area contributed by atoms with E-state index in [1.165, 1.54) is 18.9 Å². The molecule has 3 heteroatoms. The fourth-order valence-corrected chi connectivity index (χ4v) is 2.65. The van der Waals surface area contributed by atoms with Crippen LogP contribution < -0.4 is 0 Å². The van der Waals surface area contributed by atoms with Crippen molar-refractivity contribution in [3.05, 3.63) is 59.9 Å². The first-order valence-corrected chi connectivity index (χ1v) is 8.16. The van der Waals surface area contributed by atoms with Gasteiger partial charge in [0.1, 0.15) is 5.82 Å². The second-order valence-electron chi connectivity index (χ2n) is 6.23. The molecule has 120 valence electrons. The van der Waals surface area contributed by atoms with Gasteiger partial charge in [-0.25, -0.2) is 4.39 Å². The lowest BCUT2D eigenvalue weighted by Gasteiger charge is -2.13. The number of esters is 1. The van der Waals surface area contributed by atoms with Crippen molar-refractivity contribution < 1.29 is 13.9 Å². The topological polar surface area (TPSA) is 26.3 Å². The van der Waals surface area contributed by atoms with Gasteiger partial charge in [0.25, 0.3) is 0 Å². The summed E-state index contributed by atoms with van der Waals surface area (Å²) in [5.74, 6) is -0.307. The molecule has 1 fully saturated rings. The number of hydrogen-bond acceptors (Lipinski definition) is 2. The standard InChI is InChI=1S/C20H21FO2/c1-14(20(22)23-12-11-15-7-8-15)17-9-10-18(19(21)13-17)16-5-3-2-4-6-16/h2-6,9-10,13-15H,7-8,11-12H2,1H3. The van der Waals surface area contributed by atoms with Gasteiger partial charge in [-0.1, -0.05) is 55.3 Å². The molecule has 0 aromatic heterocycles. The van der Waals surface area contributed by atoms with Crippen molar-refractivity contribution in [1.29, 1.82) is 0 Å². The van der Waals surface area contributed by atoms with Gasteiger partial charge < -0.3 is 4.74 Å². The molecule has 0 aliphatic heterocycles. The van der Waals surface area contributed by atoms with Crippen molar-refractivity contribution in [1.82, 2.24) is 0 Å². The van der Waals surface area contributed by atoms with E-state index in [9.17, 15) is 9.18 Å². The van der Waals surface area contributed by atoms with Crippen LogP contribution in [-0.2, 0) is 9.53 Å². The number of hydrogen-bond donors (Lipinski definition) is 0. The van der Waals surface area contributed by atoms with Gasteiger partial charge >= 0.3 is 5.97 Å². The van der Waals surface area contributed by atoms with Gasteiger partial charge in [-0.15, -0.1) is 0 Å². The van der Waals surface area contributed by atoms with E-state index in [0.29, 0.717) is 17.7 Å². The van der Waals surface area contributed by atoms with Crippen LogP contribution in [-0.4, -0.2) is 12.6 Å². The molecule has 1 unspecified atom stereocenters. The second-order valence-corrected chi connectivity index (χ2v) is 6.23. The lowest BCUT2D eigenvalue weighted by molar-refractivity contribution is -0.145. The van der Waals surface area contributed by atoms with Gasteiger partial charge in [-0.2, -0.15) is 0 Å². The first-order chi connectivity index (χ1) is 11.1. The minimum atomic E-state index is -0.450. The van der Waals surface area contributed by atoms with Crippen molar-refractivity contribution in [3.8, 4) is 11.1 Å². The Morgan fingerprint density at radius 2 is 1.96 bits per heavy atom. The second kappa shape index (κ2) is 6.95. The lowest BCUT2D eigenvalue weighted by atomic mass is 9.97. The molecule has 1 aliphatic carbocycles. The Bertz CT molecular complexity index is 677. The molecule has 0 heterocycles. The van der Waals surface area contributed by atoms with E-state index < -0.39 is 5.92 Å². The van der Waals surface area contributed by atoms with Crippen LogP contribution in [0.3, 0.4) is 0 Å². The van der Waals surface area contributed by atoms with E-state index in [4.69, 9.17) is 4.74 Å². The third-order valence-electron chi connectivity index (χ3n) is 4.40. The molecule has 0 spiro atoms. The monoisotopic (exact) mass is 312 g/mol. The number of halogens is 1. The zero-order chi connectivity index (χ0) is 16.2. The summed E-state index contributed by atoms with van der Waals surface area (Å²) in [5.41, 5.74) is 2.03. The summed E-state index contributed by atoms with van der Waals surface area (Å²) in [6.45, 7) is 2.23. The van der Waals surface area contributed by atoms with E-state index >= 15 is 0 Å². The van der Waals surface area contributed by atoms with Crippen molar-refractivity contribution >= 4 is 5.97 Å². The van der Waals surface area contributed by atoms with Crippen molar-refractivity contribution in [3.63, 3.8) is 0 Å². The summed E-state index contributed by atoms with van der Waals surface area (Å²) in [5, 5.41) is 0. The van der Waals surface area contributed by atoms with E-state index in [1.54, 1.807) is 19.1 Å². The third kappa shape index (κ3) is 3.98. The highest BCUT2D eigenvalue weighted by Crippen LogP contribution is 2.32. The highest BCUT2D eigenvalue weighted by atomic mass is 19.1. The highest BCUT2D eigenvalue weighted by Gasteiger charge is 2.23. The molecule has 23 heavy (non-hydrogen) atoms. The van der Waals surface area contributed by atoms with Crippen LogP contribution in [0, 0.1) is 11.7 Å². The SMILES string of the molecule is CC(C(=O)OCCC1CC1)c1ccc(-c2ccccc2)c(F)c1. The Labute approximate surface area is 136 Å². The summed E-state index contributed by atoms with van der Waals surface area (Å²) >= 11 is 0. The molecule has 0 saturated heterocycles. The van der Waals surface area contributed by atoms with Crippen LogP contribution in [0.2, 0.25) is 0 Å². The number of rotatable bonds is 6. The normalized spacial score (nSPS) is 15.2. The smallest absolute Gasteiger partial charge is 0.313 e. The summed E-state index contributed by atoms with van der Waals surface area (Å²) < 4.78 is 19.7. The average Bonchev–Trinajstić information content (AvgIpc) is 3.39. The summed E-state index contributed by atoms with van der Waals surface area (Å²) in [4.78, 5) is 12.1. The zero-order valence-corrected chi connectivity index (χ0v) is 13.3. The molecule has 0 amide bonds. The summed E-state index contributed by atoms with van der Waals surface area (Å²) in [6, 6.07) is 14.4. The number of benzene rings is 2. The summed E-state index contributed by atoms with van der Waals surface area (Å²) in [6.07, 6.45) is 3.44. The Balaban J connectivity index is 1.67. The van der Waals surface area contributed by atoms with E-state index in [0.717, 1.165) is 17.9 Å². The first kappa shape index (κ1) is 15.7. The molecule has 2 aromatic carbocycles. The fraction of sp³-hybridized carbons (Fsp3) is 0.350. The maximum absolute atomic E-state index is 14.4. The predicted octanol–water partition coefficient (Wildman–Crippen LogP) is 4.94. The number of carbonyl (C=O) groups excluding carboxylic acids is 1. The number of ether oxygens (including phenoxy) is 1. The van der Waals surface area contributed by atoms with Gasteiger partial charge in [0.15, 0.2) is 0 Å². The maximum atomic E-state index is 14.4. The predicted molar refractivity (Wildman–Crippen MR) is 88.6 cm³/mol. The quantitative estimate of drug-likeness (QED) is 0.706.